The van der Waals surface area contributed by atoms with Crippen LogP contribution in [0.25, 0.3) is 0 Å². The van der Waals surface area contributed by atoms with Crippen LogP contribution in [-0.4, -0.2) is 32.4 Å². The number of anilines is 1. The van der Waals surface area contributed by atoms with E-state index in [1.807, 2.05) is 5.32 Å². The fourth-order valence-corrected chi connectivity index (χ4v) is 1.42. The minimum Gasteiger partial charge on any atom is -0.432 e. The molecular formula is C12H12F6N2O3. The largest absolute Gasteiger partial charge is 0.432 e. The number of halogens is 6. The summed E-state index contributed by atoms with van der Waals surface area (Å²) in [4.78, 5) is 11.4. The molecule has 11 heteroatoms. The lowest BCUT2D eigenvalue weighted by Gasteiger charge is -2.11. The quantitative estimate of drug-likeness (QED) is 0.561. The fraction of sp³-hybridized carbons (Fsp3) is 0.417. The molecule has 1 aromatic carbocycles. The number of nitrogens with one attached hydrogen (secondary N) is 2. The van der Waals surface area contributed by atoms with Gasteiger partial charge in [0.05, 0.1) is 12.3 Å². The first-order chi connectivity index (χ1) is 10.8. The molecule has 0 saturated heterocycles. The van der Waals surface area contributed by atoms with Crippen molar-refractivity contribution in [3.63, 3.8) is 0 Å². The molecule has 0 heterocycles. The molecular weight excluding hydrogens is 334 g/mol. The Morgan fingerprint density at radius 1 is 1.09 bits per heavy atom. The van der Waals surface area contributed by atoms with Crippen LogP contribution in [0, 0.1) is 11.6 Å². The van der Waals surface area contributed by atoms with Crippen LogP contribution in [0.15, 0.2) is 12.1 Å². The van der Waals surface area contributed by atoms with E-state index in [-0.39, 0.29) is 19.6 Å². The van der Waals surface area contributed by atoms with Gasteiger partial charge in [-0.05, 0) is 6.42 Å². The highest BCUT2D eigenvalue weighted by molar-refractivity contribution is 5.89. The summed E-state index contributed by atoms with van der Waals surface area (Å²) in [7, 11) is 0. The smallest absolute Gasteiger partial charge is 0.387 e. The number of rotatable bonds is 8. The predicted molar refractivity (Wildman–Crippen MR) is 66.6 cm³/mol. The van der Waals surface area contributed by atoms with Crippen LogP contribution in [0.4, 0.5) is 36.8 Å². The summed E-state index contributed by atoms with van der Waals surface area (Å²) < 4.78 is 81.8. The van der Waals surface area contributed by atoms with Gasteiger partial charge in [0, 0.05) is 18.7 Å². The van der Waals surface area contributed by atoms with E-state index < -0.39 is 42.3 Å². The van der Waals surface area contributed by atoms with Gasteiger partial charge in [-0.25, -0.2) is 13.6 Å². The second kappa shape index (κ2) is 9.08. The van der Waals surface area contributed by atoms with Gasteiger partial charge in [-0.1, -0.05) is 0 Å². The Labute approximate surface area is 126 Å². The molecule has 0 aliphatic carbocycles. The standard InChI is InChI=1S/C12H12F6N2O3/c13-6-5-9(23-11(17)18)7(14)4-8(6)20-12(21)19-2-1-3-22-10(15)16/h4-5,10-11H,1-3H2,(H2,19,20,21). The molecule has 0 fully saturated rings. The van der Waals surface area contributed by atoms with Crippen molar-refractivity contribution in [3.05, 3.63) is 23.8 Å². The maximum atomic E-state index is 13.5. The van der Waals surface area contributed by atoms with Crippen LogP contribution in [0.5, 0.6) is 5.75 Å². The molecule has 0 aliphatic rings. The summed E-state index contributed by atoms with van der Waals surface area (Å²) in [5.74, 6) is -3.50. The Morgan fingerprint density at radius 2 is 1.78 bits per heavy atom. The van der Waals surface area contributed by atoms with Crippen LogP contribution >= 0.6 is 0 Å². The number of alkyl halides is 4. The summed E-state index contributed by atoms with van der Waals surface area (Å²) in [6.45, 7) is -6.62. The van der Waals surface area contributed by atoms with Gasteiger partial charge in [0.15, 0.2) is 17.4 Å². The van der Waals surface area contributed by atoms with Crippen molar-refractivity contribution in [2.45, 2.75) is 19.6 Å². The molecule has 2 amide bonds. The lowest BCUT2D eigenvalue weighted by molar-refractivity contribution is -0.128. The van der Waals surface area contributed by atoms with Gasteiger partial charge in [-0.2, -0.15) is 17.6 Å². The lowest BCUT2D eigenvalue weighted by Crippen LogP contribution is -2.30. The van der Waals surface area contributed by atoms with Gasteiger partial charge in [0.1, 0.15) is 0 Å². The topological polar surface area (TPSA) is 59.6 Å². The molecule has 130 valence electrons. The summed E-state index contributed by atoms with van der Waals surface area (Å²) in [6, 6.07) is -0.122. The molecule has 23 heavy (non-hydrogen) atoms. The van der Waals surface area contributed by atoms with E-state index in [2.05, 4.69) is 14.8 Å². The van der Waals surface area contributed by atoms with Crippen molar-refractivity contribution in [2.75, 3.05) is 18.5 Å². The Balaban J connectivity index is 2.50. The van der Waals surface area contributed by atoms with E-state index in [1.165, 1.54) is 0 Å². The maximum Gasteiger partial charge on any atom is 0.387 e. The second-order valence-corrected chi connectivity index (χ2v) is 4.01. The molecule has 0 aliphatic heterocycles. The highest BCUT2D eigenvalue weighted by Crippen LogP contribution is 2.26. The molecule has 0 atom stereocenters. The zero-order chi connectivity index (χ0) is 17.4. The van der Waals surface area contributed by atoms with Crippen LogP contribution in [-0.2, 0) is 4.74 Å². The van der Waals surface area contributed by atoms with Crippen molar-refractivity contribution in [1.29, 1.82) is 0 Å². The maximum absolute atomic E-state index is 13.5. The minimum atomic E-state index is -3.33. The lowest BCUT2D eigenvalue weighted by atomic mass is 10.2. The highest BCUT2D eigenvalue weighted by Gasteiger charge is 2.16. The number of benzene rings is 1. The zero-order valence-electron chi connectivity index (χ0n) is 11.4. The number of urea groups is 1. The van der Waals surface area contributed by atoms with Gasteiger partial charge >= 0.3 is 19.3 Å². The molecule has 0 saturated carbocycles. The first-order valence-corrected chi connectivity index (χ1v) is 6.18. The number of hydrogen-bond acceptors (Lipinski definition) is 3. The van der Waals surface area contributed by atoms with Crippen molar-refractivity contribution < 1.29 is 40.6 Å². The number of carbonyl (C=O) groups is 1. The Hall–Kier alpha value is -2.17. The average Bonchev–Trinajstić information content (AvgIpc) is 2.43. The first-order valence-electron chi connectivity index (χ1n) is 6.18. The third-order valence-electron chi connectivity index (χ3n) is 2.34. The van der Waals surface area contributed by atoms with E-state index in [4.69, 9.17) is 0 Å². The van der Waals surface area contributed by atoms with Gasteiger partial charge in [0.2, 0.25) is 0 Å². The van der Waals surface area contributed by atoms with Gasteiger partial charge < -0.3 is 20.1 Å². The summed E-state index contributed by atoms with van der Waals surface area (Å²) in [5, 5.41) is 4.12. The van der Waals surface area contributed by atoms with E-state index in [0.717, 1.165) is 0 Å². The molecule has 0 unspecified atom stereocenters. The number of amides is 2. The van der Waals surface area contributed by atoms with Crippen LogP contribution in [0.1, 0.15) is 6.42 Å². The number of carbonyl (C=O) groups excluding carboxylic acids is 1. The molecule has 0 aromatic heterocycles. The number of ether oxygens (including phenoxy) is 2. The van der Waals surface area contributed by atoms with Crippen molar-refractivity contribution in [2.24, 2.45) is 0 Å². The first kappa shape index (κ1) is 18.9. The van der Waals surface area contributed by atoms with E-state index in [0.29, 0.717) is 12.1 Å². The third-order valence-corrected chi connectivity index (χ3v) is 2.34. The summed E-state index contributed by atoms with van der Waals surface area (Å²) in [6.07, 6.45) is 0.0652. The van der Waals surface area contributed by atoms with Crippen LogP contribution in [0.3, 0.4) is 0 Å². The minimum absolute atomic E-state index is 0.0603. The Bertz CT molecular complexity index is 530. The van der Waals surface area contributed by atoms with Crippen molar-refractivity contribution in [1.82, 2.24) is 5.32 Å². The van der Waals surface area contributed by atoms with Crippen LogP contribution < -0.4 is 15.4 Å². The molecule has 0 radical (unpaired) electrons. The highest BCUT2D eigenvalue weighted by atomic mass is 19.3. The Morgan fingerprint density at radius 3 is 2.39 bits per heavy atom. The molecule has 1 rings (SSSR count). The summed E-state index contributed by atoms with van der Waals surface area (Å²) >= 11 is 0. The zero-order valence-corrected chi connectivity index (χ0v) is 11.4. The average molecular weight is 346 g/mol. The molecule has 1 aromatic rings. The van der Waals surface area contributed by atoms with Crippen LogP contribution in [0.2, 0.25) is 0 Å². The predicted octanol–water partition coefficient (Wildman–Crippen LogP) is 3.32. The molecule has 2 N–H and O–H groups in total. The second-order valence-electron chi connectivity index (χ2n) is 4.01. The number of hydrogen-bond donors (Lipinski definition) is 2. The summed E-state index contributed by atoms with van der Waals surface area (Å²) in [5.41, 5.74) is -0.606. The molecule has 0 bridgehead atoms. The Kier molecular flexibility index (Phi) is 7.45. The van der Waals surface area contributed by atoms with Crippen molar-refractivity contribution in [3.8, 4) is 5.75 Å². The molecule has 5 nitrogen and oxygen atoms in total. The normalized spacial score (nSPS) is 11.0. The van der Waals surface area contributed by atoms with Gasteiger partial charge in [-0.15, -0.1) is 0 Å². The van der Waals surface area contributed by atoms with Crippen molar-refractivity contribution >= 4 is 11.7 Å². The third kappa shape index (κ3) is 7.08. The SMILES string of the molecule is O=C(NCCCOC(F)F)Nc1cc(F)c(OC(F)F)cc1F. The van der Waals surface area contributed by atoms with E-state index in [9.17, 15) is 31.1 Å². The van der Waals surface area contributed by atoms with Gasteiger partial charge in [-0.3, -0.25) is 0 Å². The molecule has 0 spiro atoms. The van der Waals surface area contributed by atoms with E-state index >= 15 is 0 Å². The van der Waals surface area contributed by atoms with E-state index in [1.54, 1.807) is 0 Å². The monoisotopic (exact) mass is 346 g/mol. The fourth-order valence-electron chi connectivity index (χ4n) is 1.42. The van der Waals surface area contributed by atoms with Gasteiger partial charge in [0.25, 0.3) is 0 Å².